The number of aromatic nitrogens is 2. The minimum atomic E-state index is -0.766. The number of anilines is 3. The van der Waals surface area contributed by atoms with Crippen LogP contribution in [0, 0.1) is 10.1 Å². The summed E-state index contributed by atoms with van der Waals surface area (Å²) in [5.41, 5.74) is 2.77. The molecule has 1 aliphatic rings. The number of rotatable bonds is 6. The van der Waals surface area contributed by atoms with E-state index in [0.29, 0.717) is 39.0 Å². The lowest BCUT2D eigenvalue weighted by Gasteiger charge is -2.30. The van der Waals surface area contributed by atoms with Gasteiger partial charge in [0.15, 0.2) is 0 Å². The van der Waals surface area contributed by atoms with Gasteiger partial charge in [-0.3, -0.25) is 19.7 Å². The highest BCUT2D eigenvalue weighted by Crippen LogP contribution is 2.38. The number of nitrogens with one attached hydrogen (secondary N) is 3. The Hall–Kier alpha value is -4.96. The molecule has 10 nitrogen and oxygen atoms in total. The Balaban J connectivity index is 1.55. The third-order valence-electron chi connectivity index (χ3n) is 6.07. The Labute approximate surface area is 222 Å². The summed E-state index contributed by atoms with van der Waals surface area (Å²) in [6.07, 6.45) is 1.42. The number of non-ortho nitro benzene ring substituents is 1. The molecule has 0 aliphatic carbocycles. The monoisotopic (exact) mass is 528 g/mol. The van der Waals surface area contributed by atoms with E-state index in [-0.39, 0.29) is 17.2 Å². The second kappa shape index (κ2) is 10.2. The first-order valence-electron chi connectivity index (χ1n) is 11.5. The van der Waals surface area contributed by atoms with Crippen molar-refractivity contribution in [1.29, 1.82) is 0 Å². The molecule has 0 saturated carbocycles. The number of fused-ring (bicyclic) bond motifs is 1. The largest absolute Gasteiger partial charge is 0.343 e. The molecule has 38 heavy (non-hydrogen) atoms. The summed E-state index contributed by atoms with van der Waals surface area (Å²) in [4.78, 5) is 37.4. The molecule has 5 rings (SSSR count). The fourth-order valence-corrected chi connectivity index (χ4v) is 4.38. The third kappa shape index (κ3) is 4.84. The number of carbonyl (C=O) groups excluding carboxylic acids is 2. The van der Waals surface area contributed by atoms with Crippen LogP contribution in [0.3, 0.4) is 0 Å². The molecule has 190 valence electrons. The molecule has 1 aliphatic heterocycles. The van der Waals surface area contributed by atoms with Crippen LogP contribution >= 0.6 is 11.6 Å². The van der Waals surface area contributed by atoms with E-state index in [0.717, 1.165) is 0 Å². The first kappa shape index (κ1) is 24.7. The number of allylic oxidation sites excluding steroid dienone is 1. The van der Waals surface area contributed by atoms with E-state index in [2.05, 4.69) is 21.0 Å². The molecule has 0 unspecified atom stereocenters. The zero-order valence-electron chi connectivity index (χ0n) is 20.0. The summed E-state index contributed by atoms with van der Waals surface area (Å²) in [6.45, 7) is 1.73. The fraction of sp³-hybridized carbons (Fsp3) is 0.0741. The molecular formula is C27H21ClN6O4. The van der Waals surface area contributed by atoms with Gasteiger partial charge in [0.1, 0.15) is 17.4 Å². The minimum Gasteiger partial charge on any atom is -0.343 e. The van der Waals surface area contributed by atoms with Gasteiger partial charge < -0.3 is 16.0 Å². The van der Waals surface area contributed by atoms with Crippen LogP contribution in [0.15, 0.2) is 96.3 Å². The van der Waals surface area contributed by atoms with Crippen molar-refractivity contribution in [2.24, 2.45) is 0 Å². The second-order valence-corrected chi connectivity index (χ2v) is 8.98. The second-order valence-electron chi connectivity index (χ2n) is 8.55. The molecule has 0 spiro atoms. The first-order chi connectivity index (χ1) is 18.3. The van der Waals surface area contributed by atoms with Gasteiger partial charge in [0.2, 0.25) is 0 Å². The van der Waals surface area contributed by atoms with Crippen molar-refractivity contribution in [2.75, 3.05) is 16.0 Å². The van der Waals surface area contributed by atoms with E-state index in [1.807, 2.05) is 18.2 Å². The average molecular weight is 529 g/mol. The van der Waals surface area contributed by atoms with Gasteiger partial charge in [-0.1, -0.05) is 29.8 Å². The maximum absolute atomic E-state index is 13.5. The Bertz CT molecular complexity index is 1560. The van der Waals surface area contributed by atoms with Crippen LogP contribution < -0.4 is 16.0 Å². The number of benzene rings is 3. The summed E-state index contributed by atoms with van der Waals surface area (Å²) in [6, 6.07) is 20.8. The number of hydrogen-bond acceptors (Lipinski definition) is 6. The molecule has 2 amide bonds. The molecule has 0 radical (unpaired) electrons. The molecule has 0 bridgehead atoms. The number of halogens is 1. The quantitative estimate of drug-likeness (QED) is 0.220. The number of carbonyl (C=O) groups is 2. The van der Waals surface area contributed by atoms with Crippen LogP contribution in [0.5, 0.6) is 0 Å². The highest BCUT2D eigenvalue weighted by Gasteiger charge is 2.35. The van der Waals surface area contributed by atoms with Crippen molar-refractivity contribution in [2.45, 2.75) is 13.0 Å². The summed E-state index contributed by atoms with van der Waals surface area (Å²) < 4.78 is 1.53. The van der Waals surface area contributed by atoms with E-state index in [1.165, 1.54) is 23.0 Å². The number of para-hydroxylation sites is 1. The number of hydrogen-bond donors (Lipinski definition) is 3. The molecule has 1 atom stereocenters. The molecule has 3 N–H and O–H groups in total. The van der Waals surface area contributed by atoms with Gasteiger partial charge in [-0.25, -0.2) is 4.68 Å². The predicted octanol–water partition coefficient (Wildman–Crippen LogP) is 5.62. The van der Waals surface area contributed by atoms with Gasteiger partial charge in [-0.05, 0) is 61.0 Å². The summed E-state index contributed by atoms with van der Waals surface area (Å²) in [7, 11) is 0. The molecule has 3 aromatic carbocycles. The first-order valence-corrected chi connectivity index (χ1v) is 11.9. The number of amides is 2. The van der Waals surface area contributed by atoms with Gasteiger partial charge in [0, 0.05) is 34.2 Å². The zero-order valence-corrected chi connectivity index (χ0v) is 20.8. The van der Waals surface area contributed by atoms with Crippen LogP contribution in [0.25, 0.3) is 0 Å². The number of nitrogens with zero attached hydrogens (tertiary/aromatic N) is 3. The molecule has 1 aromatic heterocycles. The van der Waals surface area contributed by atoms with Crippen LogP contribution in [-0.4, -0.2) is 26.5 Å². The van der Waals surface area contributed by atoms with Crippen molar-refractivity contribution in [3.63, 3.8) is 0 Å². The standard InChI is InChI=1S/C27H21ClN6O4/c1-16-23(27(36)32-20-11-9-18(28)10-12-20)24(17-7-13-21(14-8-17)34(37)38)33-25(30-16)22(15-29-33)26(35)31-19-5-3-2-4-6-19/h2-15,24,30H,1H3,(H,31,35)(H,32,36)/t24-/m1/s1. The molecular weight excluding hydrogens is 508 g/mol. The molecule has 0 saturated heterocycles. The molecule has 2 heterocycles. The van der Waals surface area contributed by atoms with E-state index in [4.69, 9.17) is 11.6 Å². The third-order valence-corrected chi connectivity index (χ3v) is 6.32. The van der Waals surface area contributed by atoms with Crippen LogP contribution in [0.1, 0.15) is 28.9 Å². The molecule has 0 fully saturated rings. The Kier molecular flexibility index (Phi) is 6.63. The predicted molar refractivity (Wildman–Crippen MR) is 144 cm³/mol. The van der Waals surface area contributed by atoms with E-state index < -0.39 is 16.9 Å². The maximum atomic E-state index is 13.5. The lowest BCUT2D eigenvalue weighted by Crippen LogP contribution is -2.32. The normalized spacial score (nSPS) is 14.3. The number of nitro groups is 1. The summed E-state index contributed by atoms with van der Waals surface area (Å²) >= 11 is 5.97. The summed E-state index contributed by atoms with van der Waals surface area (Å²) in [5, 5.41) is 25.1. The highest BCUT2D eigenvalue weighted by atomic mass is 35.5. The Morgan fingerprint density at radius 2 is 1.58 bits per heavy atom. The van der Waals surface area contributed by atoms with Gasteiger partial charge in [0.05, 0.1) is 16.7 Å². The van der Waals surface area contributed by atoms with Gasteiger partial charge in [0.25, 0.3) is 17.5 Å². The van der Waals surface area contributed by atoms with Crippen LogP contribution in [0.2, 0.25) is 5.02 Å². The van der Waals surface area contributed by atoms with Crippen LogP contribution in [0.4, 0.5) is 22.9 Å². The van der Waals surface area contributed by atoms with E-state index >= 15 is 0 Å². The van der Waals surface area contributed by atoms with Crippen molar-refractivity contribution < 1.29 is 14.5 Å². The maximum Gasteiger partial charge on any atom is 0.269 e. The molecule has 11 heteroatoms. The topological polar surface area (TPSA) is 131 Å². The Morgan fingerprint density at radius 1 is 0.947 bits per heavy atom. The van der Waals surface area contributed by atoms with Gasteiger partial charge in [-0.15, -0.1) is 0 Å². The lowest BCUT2D eigenvalue weighted by atomic mass is 9.94. The summed E-state index contributed by atoms with van der Waals surface area (Å²) in [5.74, 6) is -0.395. The van der Waals surface area contributed by atoms with Crippen molar-refractivity contribution in [3.05, 3.63) is 123 Å². The van der Waals surface area contributed by atoms with Crippen molar-refractivity contribution in [1.82, 2.24) is 9.78 Å². The SMILES string of the molecule is CC1=C(C(=O)Nc2ccc(Cl)cc2)[C@@H](c2ccc([N+](=O)[O-])cc2)n2ncc(C(=O)Nc3ccccc3)c2N1. The number of nitro benzene ring substituents is 1. The zero-order chi connectivity index (χ0) is 26.8. The van der Waals surface area contributed by atoms with Gasteiger partial charge in [-0.2, -0.15) is 5.10 Å². The molecule has 4 aromatic rings. The van der Waals surface area contributed by atoms with E-state index in [1.54, 1.807) is 55.5 Å². The lowest BCUT2D eigenvalue weighted by molar-refractivity contribution is -0.384. The minimum absolute atomic E-state index is 0.0841. The highest BCUT2D eigenvalue weighted by molar-refractivity contribution is 6.30. The van der Waals surface area contributed by atoms with Crippen LogP contribution in [-0.2, 0) is 4.79 Å². The fourth-order valence-electron chi connectivity index (χ4n) is 4.25. The average Bonchev–Trinajstić information content (AvgIpc) is 3.33. The van der Waals surface area contributed by atoms with E-state index in [9.17, 15) is 19.7 Å². The van der Waals surface area contributed by atoms with Crippen molar-refractivity contribution in [3.8, 4) is 0 Å². The van der Waals surface area contributed by atoms with Crippen molar-refractivity contribution >= 4 is 46.3 Å². The Morgan fingerprint density at radius 3 is 2.24 bits per heavy atom. The smallest absolute Gasteiger partial charge is 0.269 e. The van der Waals surface area contributed by atoms with Gasteiger partial charge >= 0.3 is 0 Å².